The quantitative estimate of drug-likeness (QED) is 0.405. The van der Waals surface area contributed by atoms with Crippen LogP contribution in [0.2, 0.25) is 0 Å². The average molecular weight is 359 g/mol. The minimum absolute atomic E-state index is 0.0113. The van der Waals surface area contributed by atoms with Gasteiger partial charge in [-0.25, -0.2) is 0 Å². The SMILES string of the molecule is COC(=O)CN=C(SC)c1ccc(OC(F)F)c(OCC2CC2)c1. The predicted molar refractivity (Wildman–Crippen MR) is 88.2 cm³/mol. The molecular formula is C16H19F2NO4S. The molecule has 0 aromatic heterocycles. The molecule has 132 valence electrons. The number of alkyl halides is 2. The lowest BCUT2D eigenvalue weighted by molar-refractivity contribution is -0.138. The molecule has 0 atom stereocenters. The van der Waals surface area contributed by atoms with Crippen LogP contribution in [-0.2, 0) is 9.53 Å². The first-order valence-electron chi connectivity index (χ1n) is 7.40. The van der Waals surface area contributed by atoms with Gasteiger partial charge in [0.15, 0.2) is 11.5 Å². The van der Waals surface area contributed by atoms with Crippen molar-refractivity contribution in [3.8, 4) is 11.5 Å². The van der Waals surface area contributed by atoms with E-state index in [0.717, 1.165) is 12.8 Å². The fourth-order valence-corrected chi connectivity index (χ4v) is 2.47. The zero-order valence-corrected chi connectivity index (χ0v) is 14.3. The van der Waals surface area contributed by atoms with Crippen LogP contribution in [0.25, 0.3) is 0 Å². The van der Waals surface area contributed by atoms with Gasteiger partial charge in [-0.3, -0.25) is 9.79 Å². The molecule has 24 heavy (non-hydrogen) atoms. The molecule has 1 aromatic rings. The molecule has 1 aliphatic rings. The summed E-state index contributed by atoms with van der Waals surface area (Å²) in [6.45, 7) is -2.57. The van der Waals surface area contributed by atoms with Crippen molar-refractivity contribution in [3.63, 3.8) is 0 Å². The molecule has 1 fully saturated rings. The molecule has 0 N–H and O–H groups in total. The molecule has 0 heterocycles. The lowest BCUT2D eigenvalue weighted by atomic mass is 10.2. The second kappa shape index (κ2) is 8.86. The first kappa shape index (κ1) is 18.5. The van der Waals surface area contributed by atoms with Gasteiger partial charge in [0.2, 0.25) is 0 Å². The molecule has 1 aromatic carbocycles. The number of carbonyl (C=O) groups is 1. The topological polar surface area (TPSA) is 57.1 Å². The fourth-order valence-electron chi connectivity index (χ4n) is 1.91. The van der Waals surface area contributed by atoms with Crippen LogP contribution >= 0.6 is 11.8 Å². The van der Waals surface area contributed by atoms with Gasteiger partial charge in [-0.05, 0) is 43.2 Å². The van der Waals surface area contributed by atoms with E-state index >= 15 is 0 Å². The lowest BCUT2D eigenvalue weighted by Gasteiger charge is -2.14. The highest BCUT2D eigenvalue weighted by molar-refractivity contribution is 8.13. The summed E-state index contributed by atoms with van der Waals surface area (Å²) in [6, 6.07) is 4.63. The Balaban J connectivity index is 2.21. The summed E-state index contributed by atoms with van der Waals surface area (Å²) >= 11 is 1.34. The molecule has 0 radical (unpaired) electrons. The Labute approximate surface area is 143 Å². The Morgan fingerprint density at radius 1 is 1.38 bits per heavy atom. The third-order valence-corrected chi connectivity index (χ3v) is 4.10. The summed E-state index contributed by atoms with van der Waals surface area (Å²) in [6.07, 6.45) is 3.98. The second-order valence-electron chi connectivity index (χ2n) is 5.20. The molecule has 0 aliphatic heterocycles. The molecule has 0 amide bonds. The highest BCUT2D eigenvalue weighted by Crippen LogP contribution is 2.34. The molecule has 8 heteroatoms. The van der Waals surface area contributed by atoms with Gasteiger partial charge < -0.3 is 14.2 Å². The van der Waals surface area contributed by atoms with E-state index in [-0.39, 0.29) is 18.0 Å². The standard InChI is InChI=1S/C16H19F2NO4S/c1-21-14(20)8-19-15(24-2)11-5-6-12(23-16(17)18)13(7-11)22-9-10-3-4-10/h5-7,10,16H,3-4,8-9H2,1-2H3. The van der Waals surface area contributed by atoms with Crippen molar-refractivity contribution in [2.75, 3.05) is 26.5 Å². The van der Waals surface area contributed by atoms with Crippen LogP contribution in [0, 0.1) is 5.92 Å². The Morgan fingerprint density at radius 2 is 2.12 bits per heavy atom. The molecule has 1 saturated carbocycles. The van der Waals surface area contributed by atoms with E-state index in [4.69, 9.17) is 4.74 Å². The van der Waals surface area contributed by atoms with Crippen molar-refractivity contribution in [2.45, 2.75) is 19.5 Å². The van der Waals surface area contributed by atoms with E-state index in [9.17, 15) is 13.6 Å². The Hall–Kier alpha value is -1.83. The third kappa shape index (κ3) is 5.67. The maximum atomic E-state index is 12.5. The Kier molecular flexibility index (Phi) is 6.84. The van der Waals surface area contributed by atoms with Crippen LogP contribution in [0.5, 0.6) is 11.5 Å². The molecule has 2 rings (SSSR count). The van der Waals surface area contributed by atoms with Crippen LogP contribution < -0.4 is 9.47 Å². The zero-order chi connectivity index (χ0) is 17.5. The van der Waals surface area contributed by atoms with Gasteiger partial charge in [0, 0.05) is 5.56 Å². The van der Waals surface area contributed by atoms with Gasteiger partial charge >= 0.3 is 12.6 Å². The Bertz CT molecular complexity index is 606. The van der Waals surface area contributed by atoms with Crippen molar-refractivity contribution in [1.82, 2.24) is 0 Å². The molecule has 0 bridgehead atoms. The number of hydrogen-bond acceptors (Lipinski definition) is 6. The number of aliphatic imine (C=N–C) groups is 1. The van der Waals surface area contributed by atoms with E-state index in [1.807, 2.05) is 6.26 Å². The fraction of sp³-hybridized carbons (Fsp3) is 0.500. The van der Waals surface area contributed by atoms with Crippen molar-refractivity contribution in [2.24, 2.45) is 10.9 Å². The molecule has 0 unspecified atom stereocenters. The van der Waals surface area contributed by atoms with Gasteiger partial charge in [0.25, 0.3) is 0 Å². The van der Waals surface area contributed by atoms with Gasteiger partial charge in [-0.2, -0.15) is 8.78 Å². The first-order valence-corrected chi connectivity index (χ1v) is 8.63. The summed E-state index contributed by atoms with van der Waals surface area (Å²) < 4.78 is 39.7. The van der Waals surface area contributed by atoms with E-state index in [0.29, 0.717) is 23.1 Å². The molecule has 5 nitrogen and oxygen atoms in total. The predicted octanol–water partition coefficient (Wildman–Crippen LogP) is 3.36. The number of carbonyl (C=O) groups excluding carboxylic acids is 1. The number of benzene rings is 1. The van der Waals surface area contributed by atoms with Crippen LogP contribution in [0.4, 0.5) is 8.78 Å². The number of hydrogen-bond donors (Lipinski definition) is 0. The smallest absolute Gasteiger partial charge is 0.387 e. The number of thioether (sulfide) groups is 1. The molecule has 0 saturated heterocycles. The minimum atomic E-state index is -2.92. The second-order valence-corrected chi connectivity index (χ2v) is 5.99. The number of halogens is 2. The van der Waals surface area contributed by atoms with Gasteiger partial charge in [-0.1, -0.05) is 0 Å². The Morgan fingerprint density at radius 3 is 2.71 bits per heavy atom. The van der Waals surface area contributed by atoms with Crippen LogP contribution in [0.3, 0.4) is 0 Å². The molecule has 1 aliphatic carbocycles. The lowest BCUT2D eigenvalue weighted by Crippen LogP contribution is -2.09. The van der Waals surface area contributed by atoms with Crippen molar-refractivity contribution in [1.29, 1.82) is 0 Å². The summed E-state index contributed by atoms with van der Waals surface area (Å²) in [5.41, 5.74) is 0.666. The van der Waals surface area contributed by atoms with Crippen LogP contribution in [0.15, 0.2) is 23.2 Å². The average Bonchev–Trinajstić information content (AvgIpc) is 3.38. The van der Waals surface area contributed by atoms with E-state index in [2.05, 4.69) is 14.5 Å². The minimum Gasteiger partial charge on any atom is -0.489 e. The van der Waals surface area contributed by atoms with Gasteiger partial charge in [-0.15, -0.1) is 11.8 Å². The summed E-state index contributed by atoms with van der Waals surface area (Å²) in [4.78, 5) is 15.4. The van der Waals surface area contributed by atoms with E-state index in [1.54, 1.807) is 12.1 Å². The number of nitrogens with zero attached hydrogens (tertiary/aromatic N) is 1. The highest BCUT2D eigenvalue weighted by atomic mass is 32.2. The highest BCUT2D eigenvalue weighted by Gasteiger charge is 2.23. The number of rotatable bonds is 8. The normalized spacial score (nSPS) is 14.6. The molecular weight excluding hydrogens is 340 g/mol. The monoisotopic (exact) mass is 359 g/mol. The van der Waals surface area contributed by atoms with Crippen molar-refractivity contribution >= 4 is 22.8 Å². The maximum Gasteiger partial charge on any atom is 0.387 e. The largest absolute Gasteiger partial charge is 0.489 e. The number of ether oxygens (including phenoxy) is 3. The number of esters is 1. The molecule has 0 spiro atoms. The maximum absolute atomic E-state index is 12.5. The van der Waals surface area contributed by atoms with Crippen molar-refractivity contribution < 1.29 is 27.8 Å². The third-order valence-electron chi connectivity index (χ3n) is 3.35. The van der Waals surface area contributed by atoms with E-state index < -0.39 is 12.6 Å². The van der Waals surface area contributed by atoms with Crippen molar-refractivity contribution in [3.05, 3.63) is 23.8 Å². The summed E-state index contributed by atoms with van der Waals surface area (Å²) in [7, 11) is 1.29. The summed E-state index contributed by atoms with van der Waals surface area (Å²) in [5, 5.41) is 0.584. The van der Waals surface area contributed by atoms with Crippen LogP contribution in [-0.4, -0.2) is 44.1 Å². The first-order chi connectivity index (χ1) is 11.5. The van der Waals surface area contributed by atoms with Crippen LogP contribution in [0.1, 0.15) is 18.4 Å². The number of methoxy groups -OCH3 is 1. The summed E-state index contributed by atoms with van der Waals surface area (Å²) in [5.74, 6) is 0.257. The zero-order valence-electron chi connectivity index (χ0n) is 13.5. The van der Waals surface area contributed by atoms with E-state index in [1.165, 1.54) is 24.9 Å². The van der Waals surface area contributed by atoms with Gasteiger partial charge in [0.05, 0.1) is 18.8 Å². The van der Waals surface area contributed by atoms with Gasteiger partial charge in [0.1, 0.15) is 6.54 Å².